The Kier molecular flexibility index (Phi) is 22.1. The molecule has 0 aromatic heterocycles. The summed E-state index contributed by atoms with van der Waals surface area (Å²) in [4.78, 5) is 67.7. The van der Waals surface area contributed by atoms with Crippen molar-refractivity contribution >= 4 is 37.3 Å². The van der Waals surface area contributed by atoms with Crippen molar-refractivity contribution in [2.45, 2.75) is 78.7 Å². The normalized spacial score (nSPS) is 13.3. The molecule has 0 saturated heterocycles. The third kappa shape index (κ3) is 24.1. The number of phosphoric acid groups is 1. The van der Waals surface area contributed by atoms with Crippen molar-refractivity contribution in [2.75, 3.05) is 52.9 Å². The predicted octanol–water partition coefficient (Wildman–Crippen LogP) is 2.72. The molecular formula is C26H45O14P. The lowest BCUT2D eigenvalue weighted by atomic mass is 10.1. The van der Waals surface area contributed by atoms with Gasteiger partial charge in [0.1, 0.15) is 26.4 Å². The van der Waals surface area contributed by atoms with E-state index in [1.165, 1.54) is 0 Å². The van der Waals surface area contributed by atoms with Gasteiger partial charge in [0.05, 0.1) is 19.8 Å². The van der Waals surface area contributed by atoms with Crippen LogP contribution in [0.4, 0.5) is 0 Å². The van der Waals surface area contributed by atoms with Crippen LogP contribution in [0.3, 0.4) is 0 Å². The zero-order chi connectivity index (χ0) is 31.1. The average molecular weight is 613 g/mol. The van der Waals surface area contributed by atoms with E-state index in [4.69, 9.17) is 32.7 Å². The zero-order valence-electron chi connectivity index (χ0n) is 24.5. The quantitative estimate of drug-likeness (QED) is 0.0650. The van der Waals surface area contributed by atoms with Gasteiger partial charge in [0, 0.05) is 38.7 Å². The number of carbonyl (C=O) groups excluding carboxylic acids is 5. The van der Waals surface area contributed by atoms with Gasteiger partial charge >= 0.3 is 25.7 Å². The Morgan fingerprint density at radius 1 is 0.707 bits per heavy atom. The second kappa shape index (κ2) is 23.4. The molecule has 0 heterocycles. The van der Waals surface area contributed by atoms with Crippen LogP contribution in [0.15, 0.2) is 0 Å². The molecule has 14 nitrogen and oxygen atoms in total. The fourth-order valence-electron chi connectivity index (χ4n) is 2.91. The second-order valence-corrected chi connectivity index (χ2v) is 10.8. The molecule has 0 aromatic rings. The van der Waals surface area contributed by atoms with Crippen molar-refractivity contribution in [3.05, 3.63) is 0 Å². The van der Waals surface area contributed by atoms with Gasteiger partial charge in [-0.1, -0.05) is 27.7 Å². The predicted molar refractivity (Wildman–Crippen MR) is 144 cm³/mol. The summed E-state index contributed by atoms with van der Waals surface area (Å²) in [5.41, 5.74) is 0. The first-order chi connectivity index (χ1) is 19.4. The van der Waals surface area contributed by atoms with Gasteiger partial charge in [-0.15, -0.1) is 0 Å². The van der Waals surface area contributed by atoms with Crippen molar-refractivity contribution in [2.24, 2.45) is 5.92 Å². The molecule has 0 aliphatic rings. The lowest BCUT2D eigenvalue weighted by molar-refractivity contribution is -0.160. The van der Waals surface area contributed by atoms with Gasteiger partial charge in [-0.2, -0.15) is 0 Å². The highest BCUT2D eigenvalue weighted by Gasteiger charge is 2.26. The molecule has 15 heteroatoms. The first kappa shape index (κ1) is 38.8. The Balaban J connectivity index is 3.94. The van der Waals surface area contributed by atoms with Crippen molar-refractivity contribution in [3.8, 4) is 0 Å². The molecule has 2 atom stereocenters. The maximum absolute atomic E-state index is 12.1. The molecule has 0 radical (unpaired) electrons. The first-order valence-electron chi connectivity index (χ1n) is 13.7. The molecule has 2 unspecified atom stereocenters. The zero-order valence-corrected chi connectivity index (χ0v) is 25.4. The number of phosphoric ester groups is 1. The van der Waals surface area contributed by atoms with Crippen LogP contribution in [0.25, 0.3) is 0 Å². The second-order valence-electron chi connectivity index (χ2n) is 9.31. The Hall–Kier alpha value is -2.22. The Labute approximate surface area is 241 Å². The number of rotatable bonds is 26. The van der Waals surface area contributed by atoms with Gasteiger partial charge in [-0.25, -0.2) is 4.57 Å². The molecule has 238 valence electrons. The van der Waals surface area contributed by atoms with Gasteiger partial charge < -0.3 is 28.6 Å². The molecular weight excluding hydrogens is 567 g/mol. The van der Waals surface area contributed by atoms with E-state index >= 15 is 0 Å². The molecule has 0 aromatic carbocycles. The number of Topliss-reactive ketones (excluding diaryl/α,β-unsaturated/α-hetero) is 2. The smallest absolute Gasteiger partial charge is 0.463 e. The minimum Gasteiger partial charge on any atom is -0.463 e. The van der Waals surface area contributed by atoms with Crippen LogP contribution < -0.4 is 0 Å². The summed E-state index contributed by atoms with van der Waals surface area (Å²) in [6, 6.07) is 0. The van der Waals surface area contributed by atoms with Crippen LogP contribution in [0.2, 0.25) is 0 Å². The molecule has 0 amide bonds. The third-order valence-electron chi connectivity index (χ3n) is 4.91. The van der Waals surface area contributed by atoms with E-state index < -0.39 is 38.4 Å². The van der Waals surface area contributed by atoms with Crippen molar-refractivity contribution in [1.82, 2.24) is 0 Å². The molecule has 0 spiro atoms. The van der Waals surface area contributed by atoms with Crippen LogP contribution in [0, 0.1) is 5.92 Å². The van der Waals surface area contributed by atoms with E-state index in [0.29, 0.717) is 12.8 Å². The number of esters is 3. The van der Waals surface area contributed by atoms with Crippen molar-refractivity contribution < 1.29 is 66.2 Å². The molecule has 0 rings (SSSR count). The summed E-state index contributed by atoms with van der Waals surface area (Å²) in [6.45, 7) is 6.06. The maximum atomic E-state index is 12.1. The summed E-state index contributed by atoms with van der Waals surface area (Å²) < 4.78 is 47.0. The summed E-state index contributed by atoms with van der Waals surface area (Å²) >= 11 is 0. The van der Waals surface area contributed by atoms with Crippen LogP contribution >= 0.6 is 7.82 Å². The summed E-state index contributed by atoms with van der Waals surface area (Å²) in [6.07, 6.45) is 0.174. The molecule has 0 aliphatic carbocycles. The highest BCUT2D eigenvalue weighted by Crippen LogP contribution is 2.43. The number of hydrogen-bond donors (Lipinski definition) is 1. The van der Waals surface area contributed by atoms with E-state index in [9.17, 15) is 33.4 Å². The highest BCUT2D eigenvalue weighted by molar-refractivity contribution is 7.47. The van der Waals surface area contributed by atoms with E-state index in [1.807, 2.05) is 13.8 Å². The van der Waals surface area contributed by atoms with Gasteiger partial charge in [-0.3, -0.25) is 33.0 Å². The van der Waals surface area contributed by atoms with E-state index in [-0.39, 0.29) is 95.8 Å². The van der Waals surface area contributed by atoms with Gasteiger partial charge in [-0.05, 0) is 18.8 Å². The Bertz CT molecular complexity index is 844. The van der Waals surface area contributed by atoms with Gasteiger partial charge in [0.25, 0.3) is 0 Å². The lowest BCUT2D eigenvalue weighted by Crippen LogP contribution is -2.29. The molecule has 0 bridgehead atoms. The number of ketones is 2. The van der Waals surface area contributed by atoms with Crippen LogP contribution in [-0.2, 0) is 61.3 Å². The van der Waals surface area contributed by atoms with Crippen LogP contribution in [0.5, 0.6) is 0 Å². The summed E-state index contributed by atoms with van der Waals surface area (Å²) in [5, 5.41) is 0. The summed E-state index contributed by atoms with van der Waals surface area (Å²) in [5.74, 6) is -1.62. The molecule has 1 N–H and O–H groups in total. The average Bonchev–Trinajstić information content (AvgIpc) is 2.91. The van der Waals surface area contributed by atoms with E-state index in [2.05, 4.69) is 0 Å². The monoisotopic (exact) mass is 612 g/mol. The van der Waals surface area contributed by atoms with Crippen LogP contribution in [-0.4, -0.2) is 93.3 Å². The summed E-state index contributed by atoms with van der Waals surface area (Å²) in [7, 11) is -4.52. The van der Waals surface area contributed by atoms with Crippen molar-refractivity contribution in [1.29, 1.82) is 0 Å². The fraction of sp³-hybridized carbons (Fsp3) is 0.808. The number of hydrogen-bond acceptors (Lipinski definition) is 13. The highest BCUT2D eigenvalue weighted by atomic mass is 31.2. The SMILES string of the molecule is CCC(=O)OCC(COP(=O)(O)OCCCC(=O)OCCOCCCC(=O)COCC(=O)CC(C)C)OC(=O)CC. The van der Waals surface area contributed by atoms with Gasteiger partial charge in [0.2, 0.25) is 0 Å². The third-order valence-corrected chi connectivity index (χ3v) is 5.89. The minimum absolute atomic E-state index is 0.00319. The molecule has 0 saturated carbocycles. The molecule has 0 aliphatic heterocycles. The van der Waals surface area contributed by atoms with Crippen molar-refractivity contribution in [3.63, 3.8) is 0 Å². The van der Waals surface area contributed by atoms with Gasteiger partial charge in [0.15, 0.2) is 17.7 Å². The topological polar surface area (TPSA) is 187 Å². The first-order valence-corrected chi connectivity index (χ1v) is 15.2. The molecule has 41 heavy (non-hydrogen) atoms. The number of carbonyl (C=O) groups is 5. The maximum Gasteiger partial charge on any atom is 0.472 e. The Morgan fingerprint density at radius 2 is 1.37 bits per heavy atom. The minimum atomic E-state index is -4.52. The van der Waals surface area contributed by atoms with E-state index in [0.717, 1.165) is 0 Å². The number of ether oxygens (including phenoxy) is 5. The van der Waals surface area contributed by atoms with E-state index in [1.54, 1.807) is 13.8 Å². The standard InChI is InChI=1S/C26H45O14P/c1-5-24(29)37-18-23(40-25(30)6-2)19-39-41(32,33)38-12-8-10-26(31)36-14-13-34-11-7-9-21(27)16-35-17-22(28)15-20(3)4/h20,23H,5-19H2,1-4H3,(H,32,33). The molecule has 0 fully saturated rings. The largest absolute Gasteiger partial charge is 0.472 e. The lowest BCUT2D eigenvalue weighted by Gasteiger charge is -2.19. The fourth-order valence-corrected chi connectivity index (χ4v) is 3.70. The Morgan fingerprint density at radius 3 is 2.02 bits per heavy atom. The van der Waals surface area contributed by atoms with Crippen LogP contribution in [0.1, 0.15) is 72.6 Å².